The van der Waals surface area contributed by atoms with Crippen molar-refractivity contribution < 1.29 is 14.4 Å². The van der Waals surface area contributed by atoms with Crippen molar-refractivity contribution in [2.45, 2.75) is 26.3 Å². The van der Waals surface area contributed by atoms with Gasteiger partial charge in [0.1, 0.15) is 0 Å². The largest absolute Gasteiger partial charge is 0.480 e. The molecule has 0 radical (unpaired) electrons. The summed E-state index contributed by atoms with van der Waals surface area (Å²) in [4.78, 5) is 17.0. The summed E-state index contributed by atoms with van der Waals surface area (Å²) < 4.78 is 5.22. The number of carboxylic acid groups (broad SMARTS) is 1. The van der Waals surface area contributed by atoms with E-state index in [1.165, 1.54) is 0 Å². The van der Waals surface area contributed by atoms with Crippen LogP contribution in [0, 0.1) is 0 Å². The Bertz CT molecular complexity index is 642. The highest BCUT2D eigenvalue weighted by Gasteiger charge is 2.15. The molecule has 0 atom stereocenters. The van der Waals surface area contributed by atoms with Crippen molar-refractivity contribution in [3.63, 3.8) is 0 Å². The Morgan fingerprint density at radius 1 is 1.45 bits per heavy atom. The molecule has 0 saturated heterocycles. The molecule has 6 nitrogen and oxygen atoms in total. The van der Waals surface area contributed by atoms with Gasteiger partial charge in [-0.1, -0.05) is 28.9 Å². The van der Waals surface area contributed by atoms with E-state index in [0.29, 0.717) is 29.7 Å². The molecule has 1 aromatic carbocycles. The first kappa shape index (κ1) is 16.5. The topological polar surface area (TPSA) is 79.5 Å². The van der Waals surface area contributed by atoms with Gasteiger partial charge in [0, 0.05) is 29.6 Å². The highest BCUT2D eigenvalue weighted by atomic mass is 35.5. The Morgan fingerprint density at radius 2 is 2.23 bits per heavy atom. The Balaban J connectivity index is 2.01. The van der Waals surface area contributed by atoms with E-state index in [2.05, 4.69) is 10.1 Å². The molecule has 0 unspecified atom stereocenters. The Kier molecular flexibility index (Phi) is 5.51. The number of aliphatic carboxylic acids is 1. The number of carboxylic acids is 1. The molecule has 1 aromatic heterocycles. The summed E-state index contributed by atoms with van der Waals surface area (Å²) >= 11 is 5.94. The fourth-order valence-corrected chi connectivity index (χ4v) is 2.22. The Morgan fingerprint density at radius 3 is 2.86 bits per heavy atom. The number of nitrogens with zero attached hydrogens (tertiary/aromatic N) is 3. The molecule has 7 heteroatoms. The number of carbonyl (C=O) groups is 1. The number of benzene rings is 1. The number of rotatable bonds is 7. The minimum Gasteiger partial charge on any atom is -0.480 e. The van der Waals surface area contributed by atoms with Crippen LogP contribution in [0.4, 0.5) is 0 Å². The second-order valence-electron chi connectivity index (χ2n) is 5.23. The lowest BCUT2D eigenvalue weighted by Crippen LogP contribution is -2.37. The van der Waals surface area contributed by atoms with Crippen LogP contribution in [0.2, 0.25) is 5.02 Å². The molecule has 118 valence electrons. The van der Waals surface area contributed by atoms with Crippen LogP contribution < -0.4 is 0 Å². The van der Waals surface area contributed by atoms with Crippen molar-refractivity contribution in [2.75, 3.05) is 13.1 Å². The van der Waals surface area contributed by atoms with E-state index >= 15 is 0 Å². The zero-order valence-corrected chi connectivity index (χ0v) is 13.2. The Labute approximate surface area is 133 Å². The summed E-state index contributed by atoms with van der Waals surface area (Å²) in [5, 5.41) is 13.4. The summed E-state index contributed by atoms with van der Waals surface area (Å²) in [5.41, 5.74) is 0.786. The second-order valence-corrected chi connectivity index (χ2v) is 5.67. The monoisotopic (exact) mass is 323 g/mol. The first-order chi connectivity index (χ1) is 10.5. The smallest absolute Gasteiger partial charge is 0.317 e. The van der Waals surface area contributed by atoms with Crippen LogP contribution in [0.3, 0.4) is 0 Å². The first-order valence-corrected chi connectivity index (χ1v) is 7.38. The van der Waals surface area contributed by atoms with E-state index in [1.54, 1.807) is 12.1 Å². The third-order valence-electron chi connectivity index (χ3n) is 3.23. The molecule has 0 aliphatic rings. The van der Waals surface area contributed by atoms with Crippen molar-refractivity contribution in [3.8, 4) is 11.4 Å². The van der Waals surface area contributed by atoms with E-state index in [9.17, 15) is 4.79 Å². The molecular weight excluding hydrogens is 306 g/mol. The van der Waals surface area contributed by atoms with Crippen LogP contribution in [0.5, 0.6) is 0 Å². The average Bonchev–Trinajstić information content (AvgIpc) is 2.91. The Hall–Kier alpha value is -1.92. The maximum atomic E-state index is 10.8. The normalized spacial score (nSPS) is 11.3. The van der Waals surface area contributed by atoms with Gasteiger partial charge in [-0.15, -0.1) is 0 Å². The molecule has 1 heterocycles. The van der Waals surface area contributed by atoms with Crippen LogP contribution >= 0.6 is 11.6 Å². The van der Waals surface area contributed by atoms with Gasteiger partial charge >= 0.3 is 5.97 Å². The second kappa shape index (κ2) is 7.38. The van der Waals surface area contributed by atoms with Crippen molar-refractivity contribution in [1.82, 2.24) is 15.0 Å². The molecule has 0 saturated carbocycles. The fraction of sp³-hybridized carbons (Fsp3) is 0.400. The van der Waals surface area contributed by atoms with E-state index in [0.717, 1.165) is 5.56 Å². The van der Waals surface area contributed by atoms with E-state index < -0.39 is 5.97 Å². The van der Waals surface area contributed by atoms with Gasteiger partial charge in [-0.2, -0.15) is 4.98 Å². The minimum absolute atomic E-state index is 0.00699. The lowest BCUT2D eigenvalue weighted by Gasteiger charge is -2.23. The first-order valence-electron chi connectivity index (χ1n) is 7.00. The number of halogens is 1. The van der Waals surface area contributed by atoms with Crippen LogP contribution in [0.25, 0.3) is 11.4 Å². The van der Waals surface area contributed by atoms with Gasteiger partial charge in [-0.05, 0) is 26.0 Å². The van der Waals surface area contributed by atoms with Crippen LogP contribution in [-0.2, 0) is 11.2 Å². The van der Waals surface area contributed by atoms with Gasteiger partial charge in [0.15, 0.2) is 0 Å². The van der Waals surface area contributed by atoms with Gasteiger partial charge < -0.3 is 9.63 Å². The molecule has 0 aliphatic carbocycles. The van der Waals surface area contributed by atoms with E-state index in [1.807, 2.05) is 30.9 Å². The van der Waals surface area contributed by atoms with Crippen molar-refractivity contribution >= 4 is 17.6 Å². The summed E-state index contributed by atoms with van der Waals surface area (Å²) in [5.74, 6) is 0.108. The summed E-state index contributed by atoms with van der Waals surface area (Å²) in [6.07, 6.45) is 0.499. The molecule has 0 amide bonds. The molecule has 0 bridgehead atoms. The molecule has 2 aromatic rings. The highest BCUT2D eigenvalue weighted by Crippen LogP contribution is 2.20. The lowest BCUT2D eigenvalue weighted by molar-refractivity contribution is -0.138. The molecule has 22 heavy (non-hydrogen) atoms. The summed E-state index contributed by atoms with van der Waals surface area (Å²) in [7, 11) is 0. The predicted octanol–water partition coefficient (Wildman–Crippen LogP) is 2.73. The minimum atomic E-state index is -0.848. The van der Waals surface area contributed by atoms with Crippen LogP contribution in [0.1, 0.15) is 19.7 Å². The highest BCUT2D eigenvalue weighted by molar-refractivity contribution is 6.30. The number of hydrogen-bond donors (Lipinski definition) is 1. The molecule has 0 aliphatic heterocycles. The van der Waals surface area contributed by atoms with Crippen LogP contribution in [-0.4, -0.2) is 45.2 Å². The third kappa shape index (κ3) is 4.54. The number of hydrogen-bond acceptors (Lipinski definition) is 5. The SMILES string of the molecule is CC(C)N(CCc1nc(-c2cccc(Cl)c2)no1)CC(=O)O. The predicted molar refractivity (Wildman–Crippen MR) is 82.8 cm³/mol. The van der Waals surface area contributed by atoms with Gasteiger partial charge in [0.2, 0.25) is 11.7 Å². The third-order valence-corrected chi connectivity index (χ3v) is 3.47. The van der Waals surface area contributed by atoms with Crippen molar-refractivity contribution in [2.24, 2.45) is 0 Å². The summed E-state index contributed by atoms with van der Waals surface area (Å²) in [6, 6.07) is 7.35. The molecule has 0 fully saturated rings. The van der Waals surface area contributed by atoms with Gasteiger partial charge in [-0.3, -0.25) is 9.69 Å². The molecule has 2 rings (SSSR count). The standard InChI is InChI=1S/C15H18ClN3O3/c1-10(2)19(9-14(20)21)7-6-13-17-15(18-22-13)11-4-3-5-12(16)8-11/h3-5,8,10H,6-7,9H2,1-2H3,(H,20,21). The maximum Gasteiger partial charge on any atom is 0.317 e. The molecule has 1 N–H and O–H groups in total. The lowest BCUT2D eigenvalue weighted by atomic mass is 10.2. The van der Waals surface area contributed by atoms with Gasteiger partial charge in [0.05, 0.1) is 6.54 Å². The molecule has 0 spiro atoms. The fourth-order valence-electron chi connectivity index (χ4n) is 2.03. The van der Waals surface area contributed by atoms with E-state index in [-0.39, 0.29) is 12.6 Å². The summed E-state index contributed by atoms with van der Waals surface area (Å²) in [6.45, 7) is 4.44. The zero-order valence-electron chi connectivity index (χ0n) is 12.5. The average molecular weight is 324 g/mol. The van der Waals surface area contributed by atoms with E-state index in [4.69, 9.17) is 21.2 Å². The van der Waals surface area contributed by atoms with Gasteiger partial charge in [0.25, 0.3) is 0 Å². The maximum absolute atomic E-state index is 10.8. The molecular formula is C15H18ClN3O3. The van der Waals surface area contributed by atoms with Crippen LogP contribution in [0.15, 0.2) is 28.8 Å². The van der Waals surface area contributed by atoms with Crippen molar-refractivity contribution in [3.05, 3.63) is 35.2 Å². The van der Waals surface area contributed by atoms with Gasteiger partial charge in [-0.25, -0.2) is 0 Å². The number of aromatic nitrogens is 2. The quantitative estimate of drug-likeness (QED) is 0.844. The zero-order chi connectivity index (χ0) is 16.1. The van der Waals surface area contributed by atoms with Crippen molar-refractivity contribution in [1.29, 1.82) is 0 Å².